The lowest BCUT2D eigenvalue weighted by atomic mass is 10.7. The Morgan fingerprint density at radius 2 is 1.15 bits per heavy atom. The van der Waals surface area contributed by atoms with Crippen LogP contribution in [0.3, 0.4) is 0 Å². The third-order valence-electron chi connectivity index (χ3n) is 4.52. The lowest BCUT2D eigenvalue weighted by molar-refractivity contribution is -0.710. The minimum atomic E-state index is -0.972. The predicted octanol–water partition coefficient (Wildman–Crippen LogP) is 2.13. The van der Waals surface area contributed by atoms with E-state index in [4.69, 9.17) is 0 Å². The average molecular weight is 219 g/mol. The molecule has 0 aliphatic rings. The standard InChI is InChI=1S/C10H28NSi2/c1-6-11(12,7-2)13(8-3,9-4)10-5/h6-10H2,1-5,12H3/q+1. The molecule has 0 aromatic rings. The Balaban J connectivity index is 4.87. The Morgan fingerprint density at radius 3 is 1.23 bits per heavy atom. The molecule has 0 amide bonds. The minimum Gasteiger partial charge on any atom is -0.452 e. The molecule has 0 saturated carbocycles. The maximum Gasteiger partial charge on any atom is 0.267 e. The van der Waals surface area contributed by atoms with Gasteiger partial charge in [0, 0.05) is 13.1 Å². The molecule has 0 aromatic carbocycles. The third kappa shape index (κ3) is 2.25. The summed E-state index contributed by atoms with van der Waals surface area (Å²) in [6.07, 6.45) is 0. The lowest BCUT2D eigenvalue weighted by Crippen LogP contribution is -2.66. The van der Waals surface area contributed by atoms with Gasteiger partial charge in [-0.25, -0.2) is 0 Å². The number of hydrogen-bond acceptors (Lipinski definition) is 0. The van der Waals surface area contributed by atoms with Gasteiger partial charge < -0.3 is 3.81 Å². The van der Waals surface area contributed by atoms with E-state index in [-0.39, 0.29) is 0 Å². The van der Waals surface area contributed by atoms with Crippen molar-refractivity contribution in [3.8, 4) is 0 Å². The molecule has 3 heteroatoms. The number of rotatable bonds is 6. The van der Waals surface area contributed by atoms with Crippen LogP contribution in [0.4, 0.5) is 0 Å². The Bertz CT molecular complexity index is 132. The summed E-state index contributed by atoms with van der Waals surface area (Å²) < 4.78 is 1.51. The van der Waals surface area contributed by atoms with Crippen LogP contribution < -0.4 is 0 Å². The average Bonchev–Trinajstić information content (AvgIpc) is 2.20. The first-order valence-electron chi connectivity index (χ1n) is 5.90. The highest BCUT2D eigenvalue weighted by atomic mass is 28.4. The van der Waals surface area contributed by atoms with Crippen LogP contribution in [0, 0.1) is 0 Å². The first-order chi connectivity index (χ1) is 6.05. The van der Waals surface area contributed by atoms with E-state index in [0.717, 1.165) is 0 Å². The van der Waals surface area contributed by atoms with Crippen LogP contribution in [0.2, 0.25) is 18.1 Å². The molecule has 80 valence electrons. The molecular formula is C10H28NSi2+. The molecule has 13 heavy (non-hydrogen) atoms. The molecule has 0 heterocycles. The second-order valence-corrected chi connectivity index (χ2v) is 12.6. The summed E-state index contributed by atoms with van der Waals surface area (Å²) in [5.41, 5.74) is 0. The zero-order chi connectivity index (χ0) is 10.5. The molecule has 0 aliphatic heterocycles. The Hall–Kier alpha value is 0.394. The van der Waals surface area contributed by atoms with Crippen LogP contribution in [0.1, 0.15) is 34.6 Å². The summed E-state index contributed by atoms with van der Waals surface area (Å²) in [6.45, 7) is 14.8. The zero-order valence-electron chi connectivity index (χ0n) is 10.5. The number of hydrogen-bond donors (Lipinski definition) is 0. The summed E-state index contributed by atoms with van der Waals surface area (Å²) in [5, 5.41) is 0. The molecule has 0 saturated heterocycles. The van der Waals surface area contributed by atoms with Crippen LogP contribution in [-0.2, 0) is 0 Å². The molecule has 0 rings (SSSR count). The third-order valence-corrected chi connectivity index (χ3v) is 15.5. The normalized spacial score (nSPS) is 13.6. The second-order valence-electron chi connectivity index (χ2n) is 4.31. The summed E-state index contributed by atoms with van der Waals surface area (Å²) in [4.78, 5) is 0. The smallest absolute Gasteiger partial charge is 0.267 e. The number of nitrogens with zero attached hydrogens (tertiary/aromatic N) is 1. The molecule has 0 aromatic heterocycles. The monoisotopic (exact) mass is 218 g/mol. The molecular weight excluding hydrogens is 190 g/mol. The van der Waals surface area contributed by atoms with Crippen molar-refractivity contribution in [3.05, 3.63) is 0 Å². The van der Waals surface area contributed by atoms with E-state index >= 15 is 0 Å². The van der Waals surface area contributed by atoms with Crippen molar-refractivity contribution in [2.45, 2.75) is 52.8 Å². The van der Waals surface area contributed by atoms with Gasteiger partial charge in [0.1, 0.15) is 0 Å². The zero-order valence-corrected chi connectivity index (χ0v) is 13.5. The molecule has 0 N–H and O–H groups in total. The van der Waals surface area contributed by atoms with Gasteiger partial charge in [0.15, 0.2) is 0 Å². The van der Waals surface area contributed by atoms with E-state index in [1.54, 1.807) is 0 Å². The molecule has 0 radical (unpaired) electrons. The van der Waals surface area contributed by atoms with Gasteiger partial charge in [0.2, 0.25) is 10.4 Å². The first kappa shape index (κ1) is 13.4. The maximum absolute atomic E-state index is 2.43. The van der Waals surface area contributed by atoms with Crippen LogP contribution in [0.25, 0.3) is 0 Å². The van der Waals surface area contributed by atoms with Crippen LogP contribution in [-0.4, -0.2) is 35.5 Å². The highest BCUT2D eigenvalue weighted by molar-refractivity contribution is 6.75. The Kier molecular flexibility index (Phi) is 5.48. The van der Waals surface area contributed by atoms with Crippen molar-refractivity contribution in [1.29, 1.82) is 0 Å². The van der Waals surface area contributed by atoms with Crippen molar-refractivity contribution >= 4 is 18.6 Å². The van der Waals surface area contributed by atoms with E-state index in [1.807, 2.05) is 0 Å². The van der Waals surface area contributed by atoms with Gasteiger partial charge in [-0.15, -0.1) is 0 Å². The van der Waals surface area contributed by atoms with Crippen molar-refractivity contribution in [2.24, 2.45) is 0 Å². The molecule has 0 atom stereocenters. The lowest BCUT2D eigenvalue weighted by Gasteiger charge is -2.50. The van der Waals surface area contributed by atoms with E-state index < -0.39 is 8.24 Å². The molecule has 0 aliphatic carbocycles. The van der Waals surface area contributed by atoms with Gasteiger partial charge in [-0.05, 0) is 32.0 Å². The second kappa shape index (κ2) is 5.32. The van der Waals surface area contributed by atoms with E-state index in [2.05, 4.69) is 34.6 Å². The van der Waals surface area contributed by atoms with E-state index in [0.29, 0.717) is 0 Å². The van der Waals surface area contributed by atoms with Crippen molar-refractivity contribution in [2.75, 3.05) is 13.1 Å². The maximum atomic E-state index is 2.43. The largest absolute Gasteiger partial charge is 0.452 e. The molecule has 0 unspecified atom stereocenters. The summed E-state index contributed by atoms with van der Waals surface area (Å²) in [7, 11) is 0.383. The fourth-order valence-corrected chi connectivity index (χ4v) is 10.8. The number of quaternary nitrogens is 1. The van der Waals surface area contributed by atoms with Crippen LogP contribution >= 0.6 is 0 Å². The molecule has 0 bridgehead atoms. The van der Waals surface area contributed by atoms with Gasteiger partial charge in [-0.2, -0.15) is 0 Å². The van der Waals surface area contributed by atoms with Crippen molar-refractivity contribution in [3.63, 3.8) is 0 Å². The van der Waals surface area contributed by atoms with Gasteiger partial charge in [0.05, 0.1) is 0 Å². The van der Waals surface area contributed by atoms with Gasteiger partial charge in [-0.1, -0.05) is 20.8 Å². The molecule has 1 nitrogen and oxygen atoms in total. The Labute approximate surface area is 88.7 Å². The van der Waals surface area contributed by atoms with Crippen molar-refractivity contribution < 1.29 is 3.81 Å². The van der Waals surface area contributed by atoms with E-state index in [9.17, 15) is 0 Å². The summed E-state index contributed by atoms with van der Waals surface area (Å²) in [5.74, 6) is 0. The van der Waals surface area contributed by atoms with Crippen molar-refractivity contribution in [1.82, 2.24) is 0 Å². The molecule has 0 fully saturated rings. The summed E-state index contributed by atoms with van der Waals surface area (Å²) in [6, 6.07) is 4.43. The van der Waals surface area contributed by atoms with E-state index in [1.165, 1.54) is 45.4 Å². The van der Waals surface area contributed by atoms with Gasteiger partial charge >= 0.3 is 0 Å². The predicted molar refractivity (Wildman–Crippen MR) is 68.5 cm³/mol. The van der Waals surface area contributed by atoms with Crippen LogP contribution in [0.15, 0.2) is 0 Å². The quantitative estimate of drug-likeness (QED) is 0.599. The van der Waals surface area contributed by atoms with Gasteiger partial charge in [-0.3, -0.25) is 0 Å². The minimum absolute atomic E-state index is 0.972. The highest BCUT2D eigenvalue weighted by Gasteiger charge is 2.44. The van der Waals surface area contributed by atoms with Crippen LogP contribution in [0.5, 0.6) is 0 Å². The summed E-state index contributed by atoms with van der Waals surface area (Å²) >= 11 is 0. The topological polar surface area (TPSA) is 0 Å². The fraction of sp³-hybridized carbons (Fsp3) is 1.00. The Morgan fingerprint density at radius 1 is 0.846 bits per heavy atom. The fourth-order valence-electron chi connectivity index (χ4n) is 2.79. The first-order valence-corrected chi connectivity index (χ1v) is 9.36. The van der Waals surface area contributed by atoms with Gasteiger partial charge in [0.25, 0.3) is 8.24 Å². The highest BCUT2D eigenvalue weighted by Crippen LogP contribution is 2.29. The molecule has 0 spiro atoms. The SMILES string of the molecule is CC[N+]([SiH3])(CC)[Si](CC)(CC)CC.